The van der Waals surface area contributed by atoms with E-state index in [0.29, 0.717) is 12.2 Å². The van der Waals surface area contributed by atoms with E-state index in [1.165, 1.54) is 0 Å². The molecule has 0 amide bonds. The van der Waals surface area contributed by atoms with Crippen LogP contribution in [0.3, 0.4) is 0 Å². The number of benzene rings is 2. The largest absolute Gasteiger partial charge is 0.464 e. The molecule has 0 unspecified atom stereocenters. The van der Waals surface area contributed by atoms with E-state index in [2.05, 4.69) is 6.07 Å². The van der Waals surface area contributed by atoms with Gasteiger partial charge in [0.1, 0.15) is 0 Å². The van der Waals surface area contributed by atoms with Crippen LogP contribution in [-0.4, -0.2) is 18.6 Å². The summed E-state index contributed by atoms with van der Waals surface area (Å²) in [4.78, 5) is 14.2. The topological polar surface area (TPSA) is 53.1 Å². The second-order valence-electron chi connectivity index (χ2n) is 5.12. The molecule has 0 saturated carbocycles. The monoisotopic (exact) mass is 292 g/mol. The molecule has 1 aliphatic heterocycles. The van der Waals surface area contributed by atoms with E-state index < -0.39 is 0 Å². The zero-order valence-electron chi connectivity index (χ0n) is 12.3. The Bertz CT molecular complexity index is 704. The fraction of sp³-hybridized carbons (Fsp3) is 0.222. The van der Waals surface area contributed by atoms with Crippen LogP contribution in [0.1, 0.15) is 24.1 Å². The molecule has 3 rings (SSSR count). The maximum Gasteiger partial charge on any atom is 0.331 e. The molecule has 2 aromatic carbocycles. The van der Waals surface area contributed by atoms with Crippen molar-refractivity contribution in [2.75, 3.05) is 11.5 Å². The minimum Gasteiger partial charge on any atom is -0.464 e. The molecule has 0 aromatic heterocycles. The van der Waals surface area contributed by atoms with Crippen LogP contribution in [0, 0.1) is 11.3 Å². The van der Waals surface area contributed by atoms with Gasteiger partial charge in [-0.1, -0.05) is 30.3 Å². The van der Waals surface area contributed by atoms with Crippen LogP contribution in [0.25, 0.3) is 0 Å². The number of anilines is 1. The van der Waals surface area contributed by atoms with Crippen molar-refractivity contribution in [3.05, 3.63) is 65.7 Å². The summed E-state index contributed by atoms with van der Waals surface area (Å²) < 4.78 is 5.18. The Morgan fingerprint density at radius 1 is 1.18 bits per heavy atom. The second-order valence-corrected chi connectivity index (χ2v) is 5.12. The molecule has 1 fully saturated rings. The van der Waals surface area contributed by atoms with Crippen LogP contribution in [0.4, 0.5) is 5.69 Å². The molecular formula is C18H16N2O2. The molecule has 0 N–H and O–H groups in total. The number of para-hydroxylation sites is 1. The Hall–Kier alpha value is -2.80. The maximum atomic E-state index is 12.2. The summed E-state index contributed by atoms with van der Waals surface area (Å²) in [6.45, 7) is 2.18. The van der Waals surface area contributed by atoms with E-state index in [0.717, 1.165) is 11.3 Å². The second kappa shape index (κ2) is 5.90. The summed E-state index contributed by atoms with van der Waals surface area (Å²) in [6.07, 6.45) is 0. The molecule has 4 heteroatoms. The number of hydrogen-bond acceptors (Lipinski definition) is 4. The first-order chi connectivity index (χ1) is 10.8. The lowest BCUT2D eigenvalue weighted by atomic mass is 10.1. The smallest absolute Gasteiger partial charge is 0.331 e. The van der Waals surface area contributed by atoms with Crippen molar-refractivity contribution in [2.24, 2.45) is 0 Å². The van der Waals surface area contributed by atoms with Crippen LogP contribution in [-0.2, 0) is 9.53 Å². The minimum absolute atomic E-state index is 0.0332. The number of esters is 1. The molecular weight excluding hydrogens is 276 g/mol. The number of ether oxygens (including phenoxy) is 1. The Morgan fingerprint density at radius 3 is 2.45 bits per heavy atom. The highest BCUT2D eigenvalue weighted by atomic mass is 16.5. The predicted octanol–water partition coefficient (Wildman–Crippen LogP) is 3.05. The lowest BCUT2D eigenvalue weighted by Gasteiger charge is -2.05. The molecule has 110 valence electrons. The van der Waals surface area contributed by atoms with Gasteiger partial charge in [-0.15, -0.1) is 0 Å². The maximum absolute atomic E-state index is 12.2. The molecule has 0 spiro atoms. The Balaban J connectivity index is 1.90. The average Bonchev–Trinajstić information content (AvgIpc) is 3.32. The standard InChI is InChI=1S/C18H16N2O2/c1-2-22-18(21)17-16(14-10-8-13(12-19)9-11-14)20(17)15-6-4-3-5-7-15/h3-11,16-17H,2H2,1H3/t16-,17-,20?/m1/s1. The summed E-state index contributed by atoms with van der Waals surface area (Å²) in [6, 6.07) is 18.9. The Morgan fingerprint density at radius 2 is 1.86 bits per heavy atom. The van der Waals surface area contributed by atoms with Crippen LogP contribution in [0.15, 0.2) is 54.6 Å². The highest BCUT2D eigenvalue weighted by molar-refractivity contribution is 5.88. The van der Waals surface area contributed by atoms with E-state index >= 15 is 0 Å². The summed E-state index contributed by atoms with van der Waals surface area (Å²) in [5, 5.41) is 8.89. The third-order valence-corrected chi connectivity index (χ3v) is 3.77. The Kier molecular flexibility index (Phi) is 3.80. The van der Waals surface area contributed by atoms with Crippen molar-refractivity contribution < 1.29 is 9.53 Å². The van der Waals surface area contributed by atoms with Gasteiger partial charge in [-0.3, -0.25) is 0 Å². The zero-order chi connectivity index (χ0) is 15.5. The first kappa shape index (κ1) is 14.2. The number of hydrogen-bond donors (Lipinski definition) is 0. The van der Waals surface area contributed by atoms with Crippen molar-refractivity contribution in [3.8, 4) is 6.07 Å². The van der Waals surface area contributed by atoms with Crippen molar-refractivity contribution >= 4 is 11.7 Å². The van der Waals surface area contributed by atoms with E-state index in [-0.39, 0.29) is 18.1 Å². The van der Waals surface area contributed by atoms with Crippen LogP contribution >= 0.6 is 0 Å². The summed E-state index contributed by atoms with van der Waals surface area (Å²) >= 11 is 0. The molecule has 1 aliphatic rings. The lowest BCUT2D eigenvalue weighted by molar-refractivity contribution is -0.142. The number of nitrogens with zero attached hydrogens (tertiary/aromatic N) is 2. The quantitative estimate of drug-likeness (QED) is 0.642. The van der Waals surface area contributed by atoms with Crippen molar-refractivity contribution in [1.82, 2.24) is 0 Å². The van der Waals surface area contributed by atoms with E-state index in [9.17, 15) is 4.79 Å². The van der Waals surface area contributed by atoms with Gasteiger partial charge in [0.05, 0.1) is 24.3 Å². The minimum atomic E-state index is -0.296. The molecule has 0 aliphatic carbocycles. The van der Waals surface area contributed by atoms with Gasteiger partial charge in [0, 0.05) is 5.69 Å². The fourth-order valence-corrected chi connectivity index (χ4v) is 2.72. The highest BCUT2D eigenvalue weighted by Crippen LogP contribution is 2.47. The van der Waals surface area contributed by atoms with Crippen molar-refractivity contribution in [2.45, 2.75) is 19.0 Å². The SMILES string of the molecule is CCOC(=O)[C@H]1[C@@H](c2ccc(C#N)cc2)N1c1ccccc1. The molecule has 2 aromatic rings. The first-order valence-electron chi connectivity index (χ1n) is 7.26. The molecule has 2 atom stereocenters. The van der Waals surface area contributed by atoms with Gasteiger partial charge in [-0.05, 0) is 36.8 Å². The van der Waals surface area contributed by atoms with Crippen molar-refractivity contribution in [3.63, 3.8) is 0 Å². The molecule has 1 saturated heterocycles. The van der Waals surface area contributed by atoms with Crippen LogP contribution in [0.5, 0.6) is 0 Å². The number of nitriles is 1. The number of carbonyl (C=O) groups is 1. The lowest BCUT2D eigenvalue weighted by Crippen LogP contribution is -2.15. The number of rotatable bonds is 4. The van der Waals surface area contributed by atoms with Gasteiger partial charge in [-0.25, -0.2) is 4.79 Å². The van der Waals surface area contributed by atoms with Gasteiger partial charge in [-0.2, -0.15) is 5.26 Å². The first-order valence-corrected chi connectivity index (χ1v) is 7.26. The predicted molar refractivity (Wildman–Crippen MR) is 83.2 cm³/mol. The Labute approximate surface area is 129 Å². The molecule has 0 bridgehead atoms. The average molecular weight is 292 g/mol. The summed E-state index contributed by atoms with van der Waals surface area (Å²) in [5.74, 6) is -0.208. The van der Waals surface area contributed by atoms with E-state index in [1.54, 1.807) is 12.1 Å². The molecule has 0 radical (unpaired) electrons. The molecule has 4 nitrogen and oxygen atoms in total. The third kappa shape index (κ3) is 2.53. The van der Waals surface area contributed by atoms with Gasteiger partial charge in [0.2, 0.25) is 0 Å². The summed E-state index contributed by atoms with van der Waals surface area (Å²) in [7, 11) is 0. The normalized spacial score (nSPS) is 19.4. The van der Waals surface area contributed by atoms with Crippen LogP contribution < -0.4 is 4.90 Å². The van der Waals surface area contributed by atoms with Crippen LogP contribution in [0.2, 0.25) is 0 Å². The van der Waals surface area contributed by atoms with Gasteiger partial charge in [0.15, 0.2) is 6.04 Å². The molecule has 1 heterocycles. The van der Waals surface area contributed by atoms with Gasteiger partial charge >= 0.3 is 5.97 Å². The number of carbonyl (C=O) groups excluding carboxylic acids is 1. The zero-order valence-corrected chi connectivity index (χ0v) is 12.3. The molecule has 22 heavy (non-hydrogen) atoms. The summed E-state index contributed by atoms with van der Waals surface area (Å²) in [5.41, 5.74) is 2.62. The van der Waals surface area contributed by atoms with E-state index in [4.69, 9.17) is 10.00 Å². The van der Waals surface area contributed by atoms with E-state index in [1.807, 2.05) is 54.3 Å². The van der Waals surface area contributed by atoms with Gasteiger partial charge < -0.3 is 9.64 Å². The third-order valence-electron chi connectivity index (χ3n) is 3.77. The highest BCUT2D eigenvalue weighted by Gasteiger charge is 2.54. The fourth-order valence-electron chi connectivity index (χ4n) is 2.72. The van der Waals surface area contributed by atoms with Gasteiger partial charge in [0.25, 0.3) is 0 Å². The van der Waals surface area contributed by atoms with Crippen molar-refractivity contribution in [1.29, 1.82) is 5.26 Å².